The molecule has 2 aromatic carbocycles. The second kappa shape index (κ2) is 3.97. The Morgan fingerprint density at radius 3 is 2.70 bits per heavy atom. The largest absolute Gasteiger partial charge is 0.497 e. The molecule has 98 valence electrons. The molecule has 3 nitrogen and oxygen atoms in total. The molecule has 0 fully saturated rings. The van der Waals surface area contributed by atoms with Gasteiger partial charge in [-0.3, -0.25) is 4.98 Å². The summed E-state index contributed by atoms with van der Waals surface area (Å²) in [5, 5.41) is 4.85. The van der Waals surface area contributed by atoms with Crippen molar-refractivity contribution in [3.8, 4) is 5.75 Å². The third-order valence-corrected chi connectivity index (χ3v) is 4.00. The van der Waals surface area contributed by atoms with Gasteiger partial charge < -0.3 is 9.30 Å². The number of hydrogen-bond acceptors (Lipinski definition) is 2. The van der Waals surface area contributed by atoms with Gasteiger partial charge in [-0.2, -0.15) is 0 Å². The van der Waals surface area contributed by atoms with E-state index in [1.54, 1.807) is 7.11 Å². The number of ether oxygens (including phenoxy) is 1. The molecule has 0 N–H and O–H groups in total. The maximum Gasteiger partial charge on any atom is 0.119 e. The highest BCUT2D eigenvalue weighted by atomic mass is 16.5. The second-order valence-electron chi connectivity index (χ2n) is 5.00. The second-order valence-corrected chi connectivity index (χ2v) is 5.00. The number of pyridine rings is 1. The summed E-state index contributed by atoms with van der Waals surface area (Å²) >= 11 is 0. The molecule has 0 spiro atoms. The first-order valence-electron chi connectivity index (χ1n) is 6.58. The molecule has 0 unspecified atom stereocenters. The fourth-order valence-electron chi connectivity index (χ4n) is 2.98. The summed E-state index contributed by atoms with van der Waals surface area (Å²) in [4.78, 5) is 4.28. The van der Waals surface area contributed by atoms with Crippen molar-refractivity contribution in [2.24, 2.45) is 7.05 Å². The Morgan fingerprint density at radius 1 is 1.00 bits per heavy atom. The number of benzene rings is 2. The summed E-state index contributed by atoms with van der Waals surface area (Å²) in [7, 11) is 3.80. The van der Waals surface area contributed by atoms with Crippen LogP contribution in [-0.2, 0) is 7.05 Å². The van der Waals surface area contributed by atoms with Crippen molar-refractivity contribution in [2.75, 3.05) is 7.11 Å². The molecular weight excluding hydrogens is 248 g/mol. The van der Waals surface area contributed by atoms with Crippen LogP contribution in [-0.4, -0.2) is 16.7 Å². The fraction of sp³-hybridized carbons (Fsp3) is 0.118. The molecule has 3 heteroatoms. The molecular formula is C17H14N2O. The van der Waals surface area contributed by atoms with E-state index in [-0.39, 0.29) is 0 Å². The molecule has 0 saturated heterocycles. The van der Waals surface area contributed by atoms with Crippen molar-refractivity contribution >= 4 is 32.6 Å². The van der Waals surface area contributed by atoms with Crippen LogP contribution in [0.15, 0.2) is 48.8 Å². The van der Waals surface area contributed by atoms with Gasteiger partial charge in [-0.25, -0.2) is 0 Å². The SMILES string of the molecule is COc1ccc2c(c1)c1c3cnccc3ccc1n2C. The first-order chi connectivity index (χ1) is 9.79. The van der Waals surface area contributed by atoms with Gasteiger partial charge in [0.1, 0.15) is 5.75 Å². The molecule has 0 atom stereocenters. The van der Waals surface area contributed by atoms with Crippen LogP contribution in [0.3, 0.4) is 0 Å². The molecule has 4 aromatic rings. The van der Waals surface area contributed by atoms with Crippen molar-refractivity contribution in [1.82, 2.24) is 9.55 Å². The van der Waals surface area contributed by atoms with E-state index in [1.807, 2.05) is 24.5 Å². The molecule has 0 aliphatic rings. The van der Waals surface area contributed by atoms with Crippen LogP contribution in [0.25, 0.3) is 32.6 Å². The summed E-state index contributed by atoms with van der Waals surface area (Å²) in [6.07, 6.45) is 3.77. The summed E-state index contributed by atoms with van der Waals surface area (Å²) < 4.78 is 7.59. The van der Waals surface area contributed by atoms with Gasteiger partial charge in [0.15, 0.2) is 0 Å². The van der Waals surface area contributed by atoms with Gasteiger partial charge in [-0.05, 0) is 35.7 Å². The fourth-order valence-corrected chi connectivity index (χ4v) is 2.98. The van der Waals surface area contributed by atoms with Crippen molar-refractivity contribution < 1.29 is 4.74 Å². The van der Waals surface area contributed by atoms with Gasteiger partial charge in [-0.15, -0.1) is 0 Å². The Balaban J connectivity index is 2.31. The Labute approximate surface area is 116 Å². The molecule has 20 heavy (non-hydrogen) atoms. The lowest BCUT2D eigenvalue weighted by molar-refractivity contribution is 0.415. The monoisotopic (exact) mass is 262 g/mol. The Bertz CT molecular complexity index is 953. The molecule has 4 rings (SSSR count). The maximum absolute atomic E-state index is 5.37. The predicted octanol–water partition coefficient (Wildman–Crippen LogP) is 3.89. The normalized spacial score (nSPS) is 11.5. The zero-order valence-electron chi connectivity index (χ0n) is 11.4. The molecule has 0 saturated carbocycles. The summed E-state index contributed by atoms with van der Waals surface area (Å²) in [5.41, 5.74) is 2.42. The van der Waals surface area contributed by atoms with Crippen molar-refractivity contribution in [1.29, 1.82) is 0 Å². The third kappa shape index (κ3) is 1.37. The first kappa shape index (κ1) is 11.3. The van der Waals surface area contributed by atoms with E-state index in [2.05, 4.69) is 40.9 Å². The van der Waals surface area contributed by atoms with E-state index in [0.717, 1.165) is 5.75 Å². The van der Waals surface area contributed by atoms with E-state index in [4.69, 9.17) is 4.74 Å². The van der Waals surface area contributed by atoms with Gasteiger partial charge in [0.05, 0.1) is 7.11 Å². The Kier molecular flexibility index (Phi) is 2.24. The average molecular weight is 262 g/mol. The predicted molar refractivity (Wildman–Crippen MR) is 82.3 cm³/mol. The van der Waals surface area contributed by atoms with E-state index in [1.165, 1.54) is 32.6 Å². The van der Waals surface area contributed by atoms with Crippen LogP contribution in [0.2, 0.25) is 0 Å². The van der Waals surface area contributed by atoms with Crippen molar-refractivity contribution in [3.63, 3.8) is 0 Å². The highest BCUT2D eigenvalue weighted by Crippen LogP contribution is 2.35. The summed E-state index contributed by atoms with van der Waals surface area (Å²) in [5.74, 6) is 0.880. The van der Waals surface area contributed by atoms with Crippen molar-refractivity contribution in [3.05, 3.63) is 48.8 Å². The van der Waals surface area contributed by atoms with E-state index < -0.39 is 0 Å². The molecule has 0 bridgehead atoms. The number of hydrogen-bond donors (Lipinski definition) is 0. The van der Waals surface area contributed by atoms with Crippen LogP contribution < -0.4 is 4.74 Å². The number of aromatic nitrogens is 2. The highest BCUT2D eigenvalue weighted by Gasteiger charge is 2.11. The molecule has 2 aromatic heterocycles. The van der Waals surface area contributed by atoms with E-state index in [9.17, 15) is 0 Å². The lowest BCUT2D eigenvalue weighted by atomic mass is 10.1. The Hall–Kier alpha value is -2.55. The van der Waals surface area contributed by atoms with Crippen LogP contribution in [0.1, 0.15) is 0 Å². The van der Waals surface area contributed by atoms with Crippen LogP contribution in [0.5, 0.6) is 5.75 Å². The van der Waals surface area contributed by atoms with E-state index >= 15 is 0 Å². The number of aryl methyl sites for hydroxylation is 1. The van der Waals surface area contributed by atoms with Crippen LogP contribution in [0.4, 0.5) is 0 Å². The zero-order chi connectivity index (χ0) is 13.7. The topological polar surface area (TPSA) is 27.1 Å². The zero-order valence-corrected chi connectivity index (χ0v) is 11.4. The number of methoxy groups -OCH3 is 1. The average Bonchev–Trinajstić information content (AvgIpc) is 2.80. The number of fused-ring (bicyclic) bond motifs is 5. The third-order valence-electron chi connectivity index (χ3n) is 4.00. The van der Waals surface area contributed by atoms with Crippen molar-refractivity contribution in [2.45, 2.75) is 0 Å². The smallest absolute Gasteiger partial charge is 0.119 e. The quantitative estimate of drug-likeness (QED) is 0.520. The van der Waals surface area contributed by atoms with Gasteiger partial charge in [0.2, 0.25) is 0 Å². The van der Waals surface area contributed by atoms with Crippen LogP contribution >= 0.6 is 0 Å². The minimum Gasteiger partial charge on any atom is -0.497 e. The molecule has 0 aliphatic heterocycles. The standard InChI is InChI=1S/C17H14N2O/c1-19-15-6-4-12(20-2)9-13(15)17-14-10-18-8-7-11(14)3-5-16(17)19/h3-10H,1-2H3. The summed E-state index contributed by atoms with van der Waals surface area (Å²) in [6.45, 7) is 0. The minimum absolute atomic E-state index is 0.880. The molecule has 0 aliphatic carbocycles. The highest BCUT2D eigenvalue weighted by molar-refractivity contribution is 6.20. The van der Waals surface area contributed by atoms with Gasteiger partial charge >= 0.3 is 0 Å². The molecule has 2 heterocycles. The minimum atomic E-state index is 0.880. The Morgan fingerprint density at radius 2 is 1.85 bits per heavy atom. The van der Waals surface area contributed by atoms with Gasteiger partial charge in [-0.1, -0.05) is 6.07 Å². The number of rotatable bonds is 1. The maximum atomic E-state index is 5.37. The summed E-state index contributed by atoms with van der Waals surface area (Å²) in [6, 6.07) is 12.6. The lowest BCUT2D eigenvalue weighted by Gasteiger charge is -2.01. The number of nitrogens with zero attached hydrogens (tertiary/aromatic N) is 2. The molecule has 0 amide bonds. The first-order valence-corrected chi connectivity index (χ1v) is 6.58. The lowest BCUT2D eigenvalue weighted by Crippen LogP contribution is -1.86. The molecule has 0 radical (unpaired) electrons. The van der Waals surface area contributed by atoms with Crippen LogP contribution in [0, 0.1) is 0 Å². The van der Waals surface area contributed by atoms with E-state index in [0.29, 0.717) is 0 Å². The van der Waals surface area contributed by atoms with Gasteiger partial charge in [0.25, 0.3) is 0 Å². The van der Waals surface area contributed by atoms with Gasteiger partial charge in [0, 0.05) is 46.6 Å².